The molecule has 4 rings (SSSR count). The summed E-state index contributed by atoms with van der Waals surface area (Å²) in [6.45, 7) is -0.0892. The van der Waals surface area contributed by atoms with Gasteiger partial charge in [0.15, 0.2) is 5.13 Å². The number of nitrogen functional groups attached to an aromatic ring is 1. The van der Waals surface area contributed by atoms with Gasteiger partial charge in [-0.25, -0.2) is 4.98 Å². The number of methoxy groups -OCH3 is 1. The average Bonchev–Trinajstić information content (AvgIpc) is 3.17. The van der Waals surface area contributed by atoms with Crippen molar-refractivity contribution in [1.29, 1.82) is 0 Å². The highest BCUT2D eigenvalue weighted by Gasteiger charge is 2.35. The molecule has 3 N–H and O–H groups in total. The maximum atomic E-state index is 13.5. The van der Waals surface area contributed by atoms with E-state index in [-0.39, 0.29) is 23.3 Å². The monoisotopic (exact) mass is 488 g/mol. The lowest BCUT2D eigenvalue weighted by atomic mass is 9.97. The van der Waals surface area contributed by atoms with Crippen LogP contribution < -0.4 is 15.8 Å². The first-order valence-corrected chi connectivity index (χ1v) is 10.8. The number of ether oxygens (including phenoxy) is 2. The van der Waals surface area contributed by atoms with E-state index in [2.05, 4.69) is 20.0 Å². The Labute approximate surface area is 196 Å². The Hall–Kier alpha value is -3.70. The summed E-state index contributed by atoms with van der Waals surface area (Å²) in [7, 11) is 1.39. The number of carbonyl (C=O) groups is 1. The topological polar surface area (TPSA) is 99.4 Å². The van der Waals surface area contributed by atoms with Gasteiger partial charge in [-0.2, -0.15) is 0 Å². The van der Waals surface area contributed by atoms with Gasteiger partial charge in [0.25, 0.3) is 5.91 Å². The summed E-state index contributed by atoms with van der Waals surface area (Å²) in [5.74, 6) is -0.944. The highest BCUT2D eigenvalue weighted by molar-refractivity contribution is 7.22. The van der Waals surface area contributed by atoms with Gasteiger partial charge < -0.3 is 20.5 Å². The van der Waals surface area contributed by atoms with Gasteiger partial charge in [0.05, 0.1) is 28.4 Å². The smallest absolute Gasteiger partial charge is 0.405 e. The van der Waals surface area contributed by atoms with Crippen molar-refractivity contribution in [1.82, 2.24) is 15.3 Å². The number of aromatic nitrogens is 2. The van der Waals surface area contributed by atoms with Gasteiger partial charge >= 0.3 is 6.36 Å². The zero-order valence-electron chi connectivity index (χ0n) is 17.8. The minimum Gasteiger partial charge on any atom is -0.405 e. The van der Waals surface area contributed by atoms with E-state index in [0.29, 0.717) is 16.2 Å². The number of thiazole rings is 1. The minimum atomic E-state index is -4.96. The number of pyridine rings is 1. The third-order valence-electron chi connectivity index (χ3n) is 4.92. The summed E-state index contributed by atoms with van der Waals surface area (Å²) in [4.78, 5) is 20.8. The lowest BCUT2D eigenvalue weighted by Crippen LogP contribution is -2.32. The summed E-state index contributed by atoms with van der Waals surface area (Å²) in [6, 6.07) is 11.8. The highest BCUT2D eigenvalue weighted by Crippen LogP contribution is 2.41. The number of benzene rings is 2. The van der Waals surface area contributed by atoms with Gasteiger partial charge in [-0.05, 0) is 29.8 Å². The number of rotatable bonds is 7. The number of anilines is 1. The molecular formula is C23H19F3N4O3S. The summed E-state index contributed by atoms with van der Waals surface area (Å²) in [5, 5.41) is 3.07. The van der Waals surface area contributed by atoms with Crippen LogP contribution in [0.2, 0.25) is 0 Å². The van der Waals surface area contributed by atoms with Gasteiger partial charge in [0.2, 0.25) is 0 Å². The van der Waals surface area contributed by atoms with Gasteiger partial charge in [-0.15, -0.1) is 13.2 Å². The van der Waals surface area contributed by atoms with Crippen LogP contribution >= 0.6 is 11.3 Å². The van der Waals surface area contributed by atoms with Gasteiger partial charge in [-0.1, -0.05) is 35.6 Å². The van der Waals surface area contributed by atoms with Crippen molar-refractivity contribution < 1.29 is 27.4 Å². The van der Waals surface area contributed by atoms with E-state index in [0.717, 1.165) is 4.70 Å². The number of nitrogens with one attached hydrogen (secondary N) is 1. The lowest BCUT2D eigenvalue weighted by molar-refractivity contribution is -0.274. The summed E-state index contributed by atoms with van der Waals surface area (Å²) in [6.07, 6.45) is -2.09. The van der Waals surface area contributed by atoms with Gasteiger partial charge in [0.1, 0.15) is 5.75 Å². The van der Waals surface area contributed by atoms with E-state index in [1.54, 1.807) is 36.4 Å². The van der Waals surface area contributed by atoms with Crippen LogP contribution in [0.25, 0.3) is 21.3 Å². The molecule has 7 nitrogen and oxygen atoms in total. The molecular weight excluding hydrogens is 469 g/mol. The molecule has 11 heteroatoms. The van der Waals surface area contributed by atoms with Crippen LogP contribution in [0.15, 0.2) is 60.9 Å². The zero-order valence-corrected chi connectivity index (χ0v) is 18.6. The lowest BCUT2D eigenvalue weighted by Gasteiger charge is -2.24. The number of carbonyl (C=O) groups excluding carboxylic acids is 1. The SMILES string of the molecule is COC[C@H](NC(=O)c1cccnc1)c1cccc(-c2ccc3nc(N)sc3c2)c1OC(F)(F)F. The number of alkyl halides is 3. The third-order valence-corrected chi connectivity index (χ3v) is 5.76. The maximum absolute atomic E-state index is 13.5. The molecule has 1 atom stereocenters. The van der Waals surface area contributed by atoms with E-state index in [4.69, 9.17) is 10.5 Å². The predicted molar refractivity (Wildman–Crippen MR) is 122 cm³/mol. The number of amides is 1. The number of fused-ring (bicyclic) bond motifs is 1. The molecule has 0 unspecified atom stereocenters. The highest BCUT2D eigenvalue weighted by atomic mass is 32.1. The molecule has 0 saturated heterocycles. The van der Waals surface area contributed by atoms with E-state index >= 15 is 0 Å². The fourth-order valence-corrected chi connectivity index (χ4v) is 4.28. The fraction of sp³-hybridized carbons (Fsp3) is 0.174. The molecule has 176 valence electrons. The number of nitrogens with two attached hydrogens (primary N) is 1. The molecule has 1 amide bonds. The van der Waals surface area contributed by atoms with Crippen molar-refractivity contribution in [2.24, 2.45) is 0 Å². The molecule has 0 radical (unpaired) electrons. The van der Waals surface area contributed by atoms with E-state index in [1.165, 1.54) is 43.0 Å². The average molecular weight is 488 g/mol. The Balaban J connectivity index is 1.80. The quantitative estimate of drug-likeness (QED) is 0.382. The molecule has 4 aromatic rings. The number of halogens is 3. The molecule has 0 aliphatic heterocycles. The van der Waals surface area contributed by atoms with Crippen LogP contribution in [-0.2, 0) is 4.74 Å². The summed E-state index contributed by atoms with van der Waals surface area (Å²) in [5.41, 5.74) is 7.44. The molecule has 0 aliphatic rings. The van der Waals surface area contributed by atoms with E-state index < -0.39 is 24.1 Å². The Morgan fingerprint density at radius 3 is 2.74 bits per heavy atom. The first kappa shape index (κ1) is 23.5. The standard InChI is InChI=1S/C23H19F3N4O3S/c1-32-12-18(29-21(31)14-4-3-9-28-11-14)16-6-2-5-15(20(16)33-23(24,25)26)13-7-8-17-19(10-13)34-22(27)30-17/h2-11,18H,12H2,1H3,(H2,27,30)(H,29,31)/t18-/m0/s1. The van der Waals surface area contributed by atoms with Crippen molar-refractivity contribution in [2.75, 3.05) is 19.5 Å². The second-order valence-corrected chi connectivity index (χ2v) is 8.29. The Kier molecular flexibility index (Phi) is 6.66. The van der Waals surface area contributed by atoms with Crippen molar-refractivity contribution in [3.63, 3.8) is 0 Å². The first-order valence-electron chi connectivity index (χ1n) is 10.00. The van der Waals surface area contributed by atoms with Crippen molar-refractivity contribution in [3.05, 3.63) is 72.1 Å². The second kappa shape index (κ2) is 9.65. The van der Waals surface area contributed by atoms with Crippen molar-refractivity contribution in [2.45, 2.75) is 12.4 Å². The fourth-order valence-electron chi connectivity index (χ4n) is 3.51. The largest absolute Gasteiger partial charge is 0.573 e. The van der Waals surface area contributed by atoms with Crippen molar-refractivity contribution in [3.8, 4) is 16.9 Å². The zero-order chi connectivity index (χ0) is 24.3. The number of para-hydroxylation sites is 1. The van der Waals surface area contributed by atoms with Crippen LogP contribution in [0.4, 0.5) is 18.3 Å². The molecule has 2 heterocycles. The molecule has 0 aliphatic carbocycles. The summed E-state index contributed by atoms with van der Waals surface area (Å²) < 4.78 is 50.8. The molecule has 0 saturated carbocycles. The van der Waals surface area contributed by atoms with Crippen LogP contribution in [0.3, 0.4) is 0 Å². The maximum Gasteiger partial charge on any atom is 0.573 e. The molecule has 0 spiro atoms. The number of nitrogens with zero attached hydrogens (tertiary/aromatic N) is 2. The van der Waals surface area contributed by atoms with Crippen LogP contribution in [0.5, 0.6) is 5.75 Å². The van der Waals surface area contributed by atoms with E-state index in [1.807, 2.05) is 0 Å². The Morgan fingerprint density at radius 2 is 2.03 bits per heavy atom. The number of hydrogen-bond donors (Lipinski definition) is 2. The Bertz CT molecular complexity index is 1310. The van der Waals surface area contributed by atoms with Crippen LogP contribution in [0.1, 0.15) is 22.0 Å². The predicted octanol–water partition coefficient (Wildman–Crippen LogP) is 4.96. The molecule has 2 aromatic heterocycles. The van der Waals surface area contributed by atoms with Gasteiger partial charge in [-0.3, -0.25) is 9.78 Å². The molecule has 34 heavy (non-hydrogen) atoms. The minimum absolute atomic E-state index is 0.0892. The van der Waals surface area contributed by atoms with Gasteiger partial charge in [0, 0.05) is 30.6 Å². The summed E-state index contributed by atoms with van der Waals surface area (Å²) >= 11 is 1.23. The van der Waals surface area contributed by atoms with Crippen LogP contribution in [-0.4, -0.2) is 36.0 Å². The Morgan fingerprint density at radius 1 is 1.21 bits per heavy atom. The first-order chi connectivity index (χ1) is 16.2. The normalized spacial score (nSPS) is 12.5. The molecule has 2 aromatic carbocycles. The van der Waals surface area contributed by atoms with Crippen LogP contribution in [0, 0.1) is 0 Å². The van der Waals surface area contributed by atoms with Crippen molar-refractivity contribution >= 4 is 32.6 Å². The number of hydrogen-bond acceptors (Lipinski definition) is 7. The van der Waals surface area contributed by atoms with E-state index in [9.17, 15) is 18.0 Å². The molecule has 0 bridgehead atoms. The molecule has 0 fully saturated rings. The third kappa shape index (κ3) is 5.26. The second-order valence-electron chi connectivity index (χ2n) is 7.23.